The van der Waals surface area contributed by atoms with Crippen LogP contribution >= 0.6 is 0 Å². The molecule has 0 radical (unpaired) electrons. The number of aryl methyl sites for hydroxylation is 1. The molecule has 0 saturated carbocycles. The molecule has 1 aliphatic heterocycles. The lowest BCUT2D eigenvalue weighted by molar-refractivity contribution is -0.115. The highest BCUT2D eigenvalue weighted by Crippen LogP contribution is 2.39. The number of nitrogens with zero attached hydrogens (tertiary/aromatic N) is 1. The van der Waals surface area contributed by atoms with Crippen molar-refractivity contribution in [2.24, 2.45) is 0 Å². The van der Waals surface area contributed by atoms with Crippen molar-refractivity contribution < 1.29 is 13.9 Å². The molecule has 0 unspecified atom stereocenters. The van der Waals surface area contributed by atoms with E-state index in [0.29, 0.717) is 5.69 Å². The summed E-state index contributed by atoms with van der Waals surface area (Å²) in [5, 5.41) is 2.69. The molecule has 1 N–H and O–H groups in total. The van der Waals surface area contributed by atoms with Gasteiger partial charge in [0.15, 0.2) is 11.6 Å². The molecule has 108 valence electrons. The molecular formula is C16H15FN2O2. The molecule has 0 aliphatic carbocycles. The van der Waals surface area contributed by atoms with Gasteiger partial charge in [0.2, 0.25) is 5.91 Å². The standard InChI is InChI=1S/C16H15FN2O2/c1-10-3-5-11(6-4-10)19-9-16(20)18-13-7-12(17)15(21-2)8-14(13)19/h3-8H,9H2,1-2H3,(H,18,20). The van der Waals surface area contributed by atoms with E-state index in [9.17, 15) is 9.18 Å². The Morgan fingerprint density at radius 1 is 1.24 bits per heavy atom. The maximum absolute atomic E-state index is 13.8. The van der Waals surface area contributed by atoms with E-state index in [2.05, 4.69) is 5.32 Å². The van der Waals surface area contributed by atoms with Crippen LogP contribution in [0.1, 0.15) is 5.56 Å². The van der Waals surface area contributed by atoms with Crippen LogP contribution in [0.3, 0.4) is 0 Å². The number of methoxy groups -OCH3 is 1. The largest absolute Gasteiger partial charge is 0.494 e. The van der Waals surface area contributed by atoms with Gasteiger partial charge in [-0.1, -0.05) is 17.7 Å². The van der Waals surface area contributed by atoms with Gasteiger partial charge in [-0.15, -0.1) is 0 Å². The fourth-order valence-electron chi connectivity index (χ4n) is 2.40. The maximum atomic E-state index is 13.8. The van der Waals surface area contributed by atoms with Gasteiger partial charge in [0, 0.05) is 17.8 Å². The number of fused-ring (bicyclic) bond motifs is 1. The summed E-state index contributed by atoms with van der Waals surface area (Å²) in [7, 11) is 1.42. The van der Waals surface area contributed by atoms with E-state index in [1.807, 2.05) is 36.1 Å². The van der Waals surface area contributed by atoms with Crippen molar-refractivity contribution in [3.05, 3.63) is 47.8 Å². The number of carbonyl (C=O) groups excluding carboxylic acids is 1. The first kappa shape index (κ1) is 13.4. The molecule has 0 aromatic heterocycles. The molecule has 0 fully saturated rings. The Morgan fingerprint density at radius 3 is 2.62 bits per heavy atom. The number of carbonyl (C=O) groups is 1. The van der Waals surface area contributed by atoms with Crippen molar-refractivity contribution in [3.8, 4) is 5.75 Å². The normalized spacial score (nSPS) is 13.7. The predicted molar refractivity (Wildman–Crippen MR) is 79.8 cm³/mol. The van der Waals surface area contributed by atoms with Crippen LogP contribution in [0.5, 0.6) is 5.75 Å². The van der Waals surface area contributed by atoms with Crippen LogP contribution in [-0.2, 0) is 4.79 Å². The monoisotopic (exact) mass is 286 g/mol. The third kappa shape index (κ3) is 2.42. The quantitative estimate of drug-likeness (QED) is 0.921. The maximum Gasteiger partial charge on any atom is 0.244 e. The number of rotatable bonds is 2. The molecule has 0 saturated heterocycles. The molecule has 1 heterocycles. The SMILES string of the molecule is COc1cc2c(cc1F)NC(=O)CN2c1ccc(C)cc1. The zero-order valence-electron chi connectivity index (χ0n) is 11.8. The topological polar surface area (TPSA) is 41.6 Å². The highest BCUT2D eigenvalue weighted by Gasteiger charge is 2.25. The summed E-state index contributed by atoms with van der Waals surface area (Å²) in [6.45, 7) is 2.18. The average molecular weight is 286 g/mol. The van der Waals surface area contributed by atoms with Gasteiger partial charge in [-0.25, -0.2) is 4.39 Å². The fraction of sp³-hybridized carbons (Fsp3) is 0.188. The first-order valence-electron chi connectivity index (χ1n) is 6.60. The minimum absolute atomic E-state index is 0.155. The summed E-state index contributed by atoms with van der Waals surface area (Å²) in [6, 6.07) is 10.7. The summed E-state index contributed by atoms with van der Waals surface area (Å²) in [6.07, 6.45) is 0. The second-order valence-corrected chi connectivity index (χ2v) is 4.97. The molecule has 1 aliphatic rings. The Kier molecular flexibility index (Phi) is 3.25. The van der Waals surface area contributed by atoms with Crippen molar-refractivity contribution in [2.45, 2.75) is 6.92 Å². The van der Waals surface area contributed by atoms with Gasteiger partial charge < -0.3 is 15.0 Å². The van der Waals surface area contributed by atoms with E-state index in [4.69, 9.17) is 4.74 Å². The summed E-state index contributed by atoms with van der Waals surface area (Å²) in [5.74, 6) is -0.517. The van der Waals surface area contributed by atoms with Crippen molar-refractivity contribution in [1.82, 2.24) is 0 Å². The van der Waals surface area contributed by atoms with Crippen molar-refractivity contribution >= 4 is 23.0 Å². The predicted octanol–water partition coefficient (Wildman–Crippen LogP) is 3.23. The summed E-state index contributed by atoms with van der Waals surface area (Å²) < 4.78 is 18.8. The van der Waals surface area contributed by atoms with E-state index < -0.39 is 5.82 Å². The van der Waals surface area contributed by atoms with E-state index >= 15 is 0 Å². The van der Waals surface area contributed by atoms with E-state index in [-0.39, 0.29) is 18.2 Å². The van der Waals surface area contributed by atoms with Crippen LogP contribution in [-0.4, -0.2) is 19.6 Å². The molecule has 2 aromatic carbocycles. The van der Waals surface area contributed by atoms with Crippen molar-refractivity contribution in [2.75, 3.05) is 23.9 Å². The molecule has 1 amide bonds. The van der Waals surface area contributed by atoms with Crippen molar-refractivity contribution in [3.63, 3.8) is 0 Å². The van der Waals surface area contributed by atoms with Gasteiger partial charge in [-0.05, 0) is 19.1 Å². The minimum atomic E-state index is -0.498. The van der Waals surface area contributed by atoms with E-state index in [1.165, 1.54) is 13.2 Å². The zero-order valence-corrected chi connectivity index (χ0v) is 11.8. The molecule has 21 heavy (non-hydrogen) atoms. The summed E-state index contributed by atoms with van der Waals surface area (Å²) in [5.41, 5.74) is 3.18. The Bertz CT molecular complexity index is 698. The molecule has 0 atom stereocenters. The Balaban J connectivity index is 2.11. The number of benzene rings is 2. The summed E-state index contributed by atoms with van der Waals surface area (Å²) in [4.78, 5) is 13.7. The lowest BCUT2D eigenvalue weighted by atomic mass is 10.1. The minimum Gasteiger partial charge on any atom is -0.494 e. The van der Waals surface area contributed by atoms with Crippen LogP contribution in [0, 0.1) is 12.7 Å². The Labute approximate surface area is 122 Å². The number of ether oxygens (including phenoxy) is 1. The number of hydrogen-bond acceptors (Lipinski definition) is 3. The van der Waals surface area contributed by atoms with E-state index in [1.54, 1.807) is 6.07 Å². The van der Waals surface area contributed by atoms with Gasteiger partial charge in [-0.2, -0.15) is 0 Å². The smallest absolute Gasteiger partial charge is 0.244 e. The fourth-order valence-corrected chi connectivity index (χ4v) is 2.40. The highest BCUT2D eigenvalue weighted by atomic mass is 19.1. The lowest BCUT2D eigenvalue weighted by Crippen LogP contribution is -2.35. The van der Waals surface area contributed by atoms with Gasteiger partial charge in [0.05, 0.1) is 18.5 Å². The Hall–Kier alpha value is -2.56. The van der Waals surface area contributed by atoms with Crippen LogP contribution in [0.25, 0.3) is 0 Å². The van der Waals surface area contributed by atoms with Gasteiger partial charge in [0.25, 0.3) is 0 Å². The zero-order chi connectivity index (χ0) is 15.0. The third-order valence-electron chi connectivity index (χ3n) is 3.48. The molecular weight excluding hydrogens is 271 g/mol. The molecule has 3 rings (SSSR count). The van der Waals surface area contributed by atoms with Gasteiger partial charge in [0.1, 0.15) is 6.54 Å². The van der Waals surface area contributed by atoms with Crippen LogP contribution in [0.15, 0.2) is 36.4 Å². The first-order valence-corrected chi connectivity index (χ1v) is 6.60. The third-order valence-corrected chi connectivity index (χ3v) is 3.48. The number of anilines is 3. The second kappa shape index (κ2) is 5.09. The van der Waals surface area contributed by atoms with Gasteiger partial charge >= 0.3 is 0 Å². The molecule has 4 nitrogen and oxygen atoms in total. The van der Waals surface area contributed by atoms with Gasteiger partial charge in [-0.3, -0.25) is 4.79 Å². The number of hydrogen-bond donors (Lipinski definition) is 1. The summed E-state index contributed by atoms with van der Waals surface area (Å²) >= 11 is 0. The van der Waals surface area contributed by atoms with Crippen molar-refractivity contribution in [1.29, 1.82) is 0 Å². The van der Waals surface area contributed by atoms with Crippen LogP contribution < -0.4 is 15.0 Å². The van der Waals surface area contributed by atoms with Crippen LogP contribution in [0.2, 0.25) is 0 Å². The Morgan fingerprint density at radius 2 is 1.95 bits per heavy atom. The van der Waals surface area contributed by atoms with Crippen LogP contribution in [0.4, 0.5) is 21.5 Å². The average Bonchev–Trinajstić information content (AvgIpc) is 2.46. The molecule has 0 bridgehead atoms. The first-order chi connectivity index (χ1) is 10.1. The van der Waals surface area contributed by atoms with E-state index in [0.717, 1.165) is 16.9 Å². The molecule has 5 heteroatoms. The number of amides is 1. The number of halogens is 1. The second-order valence-electron chi connectivity index (χ2n) is 4.97. The number of nitrogens with one attached hydrogen (secondary N) is 1. The molecule has 0 spiro atoms. The molecule has 2 aromatic rings. The lowest BCUT2D eigenvalue weighted by Gasteiger charge is -2.31. The highest BCUT2D eigenvalue weighted by molar-refractivity contribution is 6.03.